The minimum Gasteiger partial charge on any atom is -0.481 e. The number of carboxylic acids is 1. The van der Waals surface area contributed by atoms with Crippen LogP contribution in [0.1, 0.15) is 44.1 Å². The van der Waals surface area contributed by atoms with Crippen LogP contribution >= 0.6 is 0 Å². The van der Waals surface area contributed by atoms with Crippen LogP contribution in [0, 0.1) is 5.92 Å². The smallest absolute Gasteiger partial charge is 0.305 e. The molecule has 0 saturated carbocycles. The van der Waals surface area contributed by atoms with Crippen molar-refractivity contribution in [2.45, 2.75) is 57.5 Å². The zero-order valence-electron chi connectivity index (χ0n) is 18.4. The molecule has 172 valence electrons. The molecule has 2 heterocycles. The van der Waals surface area contributed by atoms with E-state index in [1.165, 1.54) is 0 Å². The first-order valence-electron chi connectivity index (χ1n) is 11.3. The molecule has 0 radical (unpaired) electrons. The molecule has 1 fully saturated rings. The predicted molar refractivity (Wildman–Crippen MR) is 120 cm³/mol. The van der Waals surface area contributed by atoms with E-state index < -0.39 is 12.0 Å². The van der Waals surface area contributed by atoms with Gasteiger partial charge in [-0.1, -0.05) is 30.3 Å². The van der Waals surface area contributed by atoms with E-state index in [2.05, 4.69) is 10.3 Å². The van der Waals surface area contributed by atoms with E-state index in [-0.39, 0.29) is 30.6 Å². The Morgan fingerprint density at radius 2 is 2.03 bits per heavy atom. The number of nitrogens with zero attached hydrogens (tertiary/aromatic N) is 3. The summed E-state index contributed by atoms with van der Waals surface area (Å²) in [5, 5.41) is 12.1. The highest BCUT2D eigenvalue weighted by Crippen LogP contribution is 2.22. The van der Waals surface area contributed by atoms with Gasteiger partial charge in [0.1, 0.15) is 0 Å². The number of likely N-dealkylation sites (tertiary alicyclic amines) is 1. The second-order valence-corrected chi connectivity index (χ2v) is 8.41. The zero-order chi connectivity index (χ0) is 22.8. The van der Waals surface area contributed by atoms with Crippen LogP contribution in [-0.4, -0.2) is 56.5 Å². The lowest BCUT2D eigenvalue weighted by Crippen LogP contribution is -2.45. The van der Waals surface area contributed by atoms with Gasteiger partial charge >= 0.3 is 5.97 Å². The lowest BCUT2D eigenvalue weighted by Gasteiger charge is -2.32. The van der Waals surface area contributed by atoms with Crippen molar-refractivity contribution >= 4 is 17.8 Å². The van der Waals surface area contributed by atoms with Crippen LogP contribution in [0.15, 0.2) is 49.1 Å². The summed E-state index contributed by atoms with van der Waals surface area (Å²) in [5.74, 6) is -1.50. The van der Waals surface area contributed by atoms with E-state index >= 15 is 0 Å². The number of hydrogen-bond acceptors (Lipinski definition) is 4. The number of benzene rings is 1. The van der Waals surface area contributed by atoms with Gasteiger partial charge in [-0.15, -0.1) is 0 Å². The maximum absolute atomic E-state index is 12.9. The minimum atomic E-state index is -0.943. The average molecular weight is 441 g/mol. The van der Waals surface area contributed by atoms with E-state index in [1.54, 1.807) is 12.5 Å². The first kappa shape index (κ1) is 23.5. The second-order valence-electron chi connectivity index (χ2n) is 8.41. The van der Waals surface area contributed by atoms with E-state index in [0.29, 0.717) is 25.8 Å². The summed E-state index contributed by atoms with van der Waals surface area (Å²) in [6.45, 7) is 2.18. The molecule has 8 heteroatoms. The molecule has 1 saturated heterocycles. The van der Waals surface area contributed by atoms with Crippen molar-refractivity contribution in [2.24, 2.45) is 5.92 Å². The molecule has 0 aliphatic carbocycles. The van der Waals surface area contributed by atoms with Crippen LogP contribution in [0.3, 0.4) is 0 Å². The molecule has 8 nitrogen and oxygen atoms in total. The van der Waals surface area contributed by atoms with Gasteiger partial charge in [-0.3, -0.25) is 14.4 Å². The van der Waals surface area contributed by atoms with Gasteiger partial charge in [0.15, 0.2) is 0 Å². The molecule has 3 rings (SSSR count). The van der Waals surface area contributed by atoms with Crippen molar-refractivity contribution in [1.82, 2.24) is 19.8 Å². The van der Waals surface area contributed by atoms with Gasteiger partial charge in [0, 0.05) is 50.4 Å². The van der Waals surface area contributed by atoms with Crippen LogP contribution < -0.4 is 5.32 Å². The SMILES string of the molecule is O=C(O)C[C@@H](CCc1ccccc1)NC(=O)C[C@H]1CCCN(CCCn2ccnc2)C1=O. The molecule has 1 aromatic heterocycles. The summed E-state index contributed by atoms with van der Waals surface area (Å²) in [6.07, 6.45) is 9.01. The topological polar surface area (TPSA) is 105 Å². The Morgan fingerprint density at radius 1 is 1.22 bits per heavy atom. The van der Waals surface area contributed by atoms with Gasteiger partial charge in [0.25, 0.3) is 0 Å². The monoisotopic (exact) mass is 440 g/mol. The molecule has 32 heavy (non-hydrogen) atoms. The molecular weight excluding hydrogens is 408 g/mol. The Kier molecular flexibility index (Phi) is 8.83. The summed E-state index contributed by atoms with van der Waals surface area (Å²) in [4.78, 5) is 42.6. The summed E-state index contributed by atoms with van der Waals surface area (Å²) in [7, 11) is 0. The number of carbonyl (C=O) groups excluding carboxylic acids is 2. The van der Waals surface area contributed by atoms with Crippen molar-refractivity contribution < 1.29 is 19.5 Å². The Bertz CT molecular complexity index is 869. The number of carbonyl (C=O) groups is 3. The maximum atomic E-state index is 12.9. The highest BCUT2D eigenvalue weighted by molar-refractivity contribution is 5.86. The quantitative estimate of drug-likeness (QED) is 0.528. The van der Waals surface area contributed by atoms with Crippen LogP contribution in [-0.2, 0) is 27.3 Å². The lowest BCUT2D eigenvalue weighted by molar-refractivity contribution is -0.142. The fourth-order valence-electron chi connectivity index (χ4n) is 4.23. The number of aliphatic carboxylic acids is 1. The molecule has 0 spiro atoms. The average Bonchev–Trinajstić information content (AvgIpc) is 3.28. The van der Waals surface area contributed by atoms with Gasteiger partial charge in [-0.05, 0) is 37.7 Å². The van der Waals surface area contributed by atoms with Crippen molar-refractivity contribution in [3.05, 3.63) is 54.6 Å². The molecule has 1 aliphatic heterocycles. The molecule has 2 amide bonds. The summed E-state index contributed by atoms with van der Waals surface area (Å²) >= 11 is 0. The Hall–Kier alpha value is -3.16. The number of imidazole rings is 1. The predicted octanol–water partition coefficient (Wildman–Crippen LogP) is 2.49. The van der Waals surface area contributed by atoms with Gasteiger partial charge in [0.2, 0.25) is 11.8 Å². The van der Waals surface area contributed by atoms with Crippen molar-refractivity contribution in [3.63, 3.8) is 0 Å². The van der Waals surface area contributed by atoms with Crippen LogP contribution in [0.25, 0.3) is 0 Å². The Morgan fingerprint density at radius 3 is 2.75 bits per heavy atom. The van der Waals surface area contributed by atoms with Crippen molar-refractivity contribution in [2.75, 3.05) is 13.1 Å². The van der Waals surface area contributed by atoms with Crippen LogP contribution in [0.5, 0.6) is 0 Å². The zero-order valence-corrected chi connectivity index (χ0v) is 18.4. The first-order chi connectivity index (χ1) is 15.5. The Balaban J connectivity index is 1.47. The largest absolute Gasteiger partial charge is 0.481 e. The van der Waals surface area contributed by atoms with E-state index in [4.69, 9.17) is 0 Å². The number of piperidine rings is 1. The minimum absolute atomic E-state index is 0.0242. The first-order valence-corrected chi connectivity index (χ1v) is 11.3. The number of nitrogens with one attached hydrogen (secondary N) is 1. The van der Waals surface area contributed by atoms with Gasteiger partial charge in [-0.2, -0.15) is 0 Å². The number of rotatable bonds is 12. The maximum Gasteiger partial charge on any atom is 0.305 e. The molecule has 1 aromatic carbocycles. The number of aryl methyl sites for hydroxylation is 2. The highest BCUT2D eigenvalue weighted by atomic mass is 16.4. The van der Waals surface area contributed by atoms with Crippen molar-refractivity contribution in [3.8, 4) is 0 Å². The van der Waals surface area contributed by atoms with E-state index in [0.717, 1.165) is 31.5 Å². The molecule has 0 bridgehead atoms. The van der Waals surface area contributed by atoms with Crippen molar-refractivity contribution in [1.29, 1.82) is 0 Å². The normalized spacial score (nSPS) is 17.2. The molecule has 2 atom stereocenters. The third-order valence-electron chi connectivity index (χ3n) is 5.89. The molecule has 0 unspecified atom stereocenters. The van der Waals surface area contributed by atoms with Crippen LogP contribution in [0.4, 0.5) is 0 Å². The van der Waals surface area contributed by atoms with E-state index in [1.807, 2.05) is 46.0 Å². The summed E-state index contributed by atoms with van der Waals surface area (Å²) in [5.41, 5.74) is 1.10. The number of aromatic nitrogens is 2. The molecule has 2 aromatic rings. The fourth-order valence-corrected chi connectivity index (χ4v) is 4.23. The Labute approximate surface area is 188 Å². The van der Waals surface area contributed by atoms with Crippen LogP contribution in [0.2, 0.25) is 0 Å². The standard InChI is InChI=1S/C24H32N4O4/c29-22(26-21(17-23(30)31)10-9-19-6-2-1-3-7-19)16-20-8-4-13-28(24(20)32)14-5-12-27-15-11-25-18-27/h1-3,6-7,11,15,18,20-21H,4-5,8-10,12-14,16-17H2,(H,26,29)(H,30,31)/t20-,21-/m1/s1. The number of amides is 2. The third-order valence-corrected chi connectivity index (χ3v) is 5.89. The lowest BCUT2D eigenvalue weighted by atomic mass is 9.93. The fraction of sp³-hybridized carbons (Fsp3) is 0.500. The summed E-state index contributed by atoms with van der Waals surface area (Å²) in [6, 6.07) is 9.34. The molecular formula is C24H32N4O4. The van der Waals surface area contributed by atoms with Gasteiger partial charge in [0.05, 0.1) is 12.7 Å². The third kappa shape index (κ3) is 7.51. The summed E-state index contributed by atoms with van der Waals surface area (Å²) < 4.78 is 1.98. The highest BCUT2D eigenvalue weighted by Gasteiger charge is 2.30. The molecule has 1 aliphatic rings. The second kappa shape index (κ2) is 12.0. The van der Waals surface area contributed by atoms with Gasteiger partial charge < -0.3 is 19.9 Å². The number of carboxylic acid groups (broad SMARTS) is 1. The van der Waals surface area contributed by atoms with Gasteiger partial charge in [-0.25, -0.2) is 4.98 Å². The molecule has 2 N–H and O–H groups in total. The van der Waals surface area contributed by atoms with E-state index in [9.17, 15) is 19.5 Å². The number of hydrogen-bond donors (Lipinski definition) is 2.